The minimum absolute atomic E-state index is 0.0746. The number of carbonyl (C=O) groups excluding carboxylic acids is 1. The van der Waals surface area contributed by atoms with Gasteiger partial charge in [0.1, 0.15) is 0 Å². The molecule has 1 aliphatic heterocycles. The fourth-order valence-corrected chi connectivity index (χ4v) is 2.05. The number of amides is 1. The van der Waals surface area contributed by atoms with Gasteiger partial charge < -0.3 is 15.2 Å². The van der Waals surface area contributed by atoms with Crippen molar-refractivity contribution in [2.75, 3.05) is 13.2 Å². The number of hydrogen-bond acceptors (Lipinski definition) is 3. The van der Waals surface area contributed by atoms with Gasteiger partial charge in [0.15, 0.2) is 0 Å². The van der Waals surface area contributed by atoms with Crippen molar-refractivity contribution in [3.05, 3.63) is 0 Å². The normalized spacial score (nSPS) is 25.1. The van der Waals surface area contributed by atoms with Gasteiger partial charge in [0.25, 0.3) is 0 Å². The van der Waals surface area contributed by atoms with Gasteiger partial charge in [0.05, 0.1) is 18.6 Å². The summed E-state index contributed by atoms with van der Waals surface area (Å²) in [6.07, 6.45) is 0.926. The first kappa shape index (κ1) is 15.0. The maximum Gasteiger partial charge on any atom is 0.305 e. The van der Waals surface area contributed by atoms with Crippen molar-refractivity contribution in [3.63, 3.8) is 0 Å². The van der Waals surface area contributed by atoms with Gasteiger partial charge >= 0.3 is 5.97 Å². The van der Waals surface area contributed by atoms with Gasteiger partial charge in [-0.3, -0.25) is 9.59 Å². The van der Waals surface area contributed by atoms with E-state index in [0.29, 0.717) is 32.0 Å². The van der Waals surface area contributed by atoms with E-state index >= 15 is 0 Å². The Morgan fingerprint density at radius 2 is 2.06 bits per heavy atom. The fourth-order valence-electron chi connectivity index (χ4n) is 2.05. The number of carboxylic acid groups (broad SMARTS) is 1. The van der Waals surface area contributed by atoms with Gasteiger partial charge in [-0.2, -0.15) is 0 Å². The molecule has 0 aromatic heterocycles. The lowest BCUT2D eigenvalue weighted by Gasteiger charge is -2.28. The highest BCUT2D eigenvalue weighted by Crippen LogP contribution is 2.23. The zero-order valence-electron chi connectivity index (χ0n) is 11.4. The van der Waals surface area contributed by atoms with Crippen molar-refractivity contribution < 1.29 is 19.4 Å². The molecule has 0 saturated carbocycles. The molecule has 2 atom stereocenters. The Kier molecular flexibility index (Phi) is 5.14. The van der Waals surface area contributed by atoms with Crippen molar-refractivity contribution in [1.29, 1.82) is 0 Å². The van der Waals surface area contributed by atoms with E-state index in [1.165, 1.54) is 0 Å². The van der Waals surface area contributed by atoms with Crippen LogP contribution >= 0.6 is 0 Å². The van der Waals surface area contributed by atoms with E-state index in [-0.39, 0.29) is 18.2 Å². The van der Waals surface area contributed by atoms with Gasteiger partial charge in [0.2, 0.25) is 5.91 Å². The number of hydrogen-bond donors (Lipinski definition) is 2. The number of ether oxygens (including phenoxy) is 1. The SMILES string of the molecule is CC(C)C(C)CC(=O)NC1(CC(=O)O)CCOC1. The van der Waals surface area contributed by atoms with Gasteiger partial charge in [-0.15, -0.1) is 0 Å². The lowest BCUT2D eigenvalue weighted by atomic mass is 9.91. The molecule has 2 unspecified atom stereocenters. The molecule has 0 spiro atoms. The van der Waals surface area contributed by atoms with Gasteiger partial charge in [0, 0.05) is 13.0 Å². The second-order valence-corrected chi connectivity index (χ2v) is 5.63. The fraction of sp³-hybridized carbons (Fsp3) is 0.846. The molecule has 0 bridgehead atoms. The molecule has 2 N–H and O–H groups in total. The van der Waals surface area contributed by atoms with E-state index in [1.54, 1.807) is 0 Å². The maximum absolute atomic E-state index is 11.9. The van der Waals surface area contributed by atoms with Gasteiger partial charge in [-0.1, -0.05) is 20.8 Å². The molecule has 1 aliphatic rings. The zero-order chi connectivity index (χ0) is 13.8. The Labute approximate surface area is 108 Å². The topological polar surface area (TPSA) is 75.6 Å². The summed E-state index contributed by atoms with van der Waals surface area (Å²) in [6, 6.07) is 0. The van der Waals surface area contributed by atoms with Gasteiger partial charge in [-0.05, 0) is 18.3 Å². The summed E-state index contributed by atoms with van der Waals surface area (Å²) < 4.78 is 5.24. The second kappa shape index (κ2) is 6.18. The molecule has 0 radical (unpaired) electrons. The first-order valence-electron chi connectivity index (χ1n) is 6.45. The average molecular weight is 257 g/mol. The largest absolute Gasteiger partial charge is 0.481 e. The third-order valence-corrected chi connectivity index (χ3v) is 3.64. The van der Waals surface area contributed by atoms with Crippen LogP contribution in [0.1, 0.15) is 40.0 Å². The maximum atomic E-state index is 11.9. The minimum Gasteiger partial charge on any atom is -0.481 e. The van der Waals surface area contributed by atoms with E-state index in [2.05, 4.69) is 19.2 Å². The predicted molar refractivity (Wildman–Crippen MR) is 67.2 cm³/mol. The van der Waals surface area contributed by atoms with Gasteiger partial charge in [-0.25, -0.2) is 0 Å². The molecule has 5 nitrogen and oxygen atoms in total. The summed E-state index contributed by atoms with van der Waals surface area (Å²) >= 11 is 0. The zero-order valence-corrected chi connectivity index (χ0v) is 11.4. The van der Waals surface area contributed by atoms with Crippen LogP contribution in [-0.2, 0) is 14.3 Å². The van der Waals surface area contributed by atoms with Crippen LogP contribution < -0.4 is 5.32 Å². The highest BCUT2D eigenvalue weighted by atomic mass is 16.5. The molecule has 1 heterocycles. The van der Waals surface area contributed by atoms with Crippen molar-refractivity contribution in [2.45, 2.75) is 45.6 Å². The summed E-state index contributed by atoms with van der Waals surface area (Å²) in [7, 11) is 0. The monoisotopic (exact) mass is 257 g/mol. The first-order chi connectivity index (χ1) is 8.34. The Hall–Kier alpha value is -1.10. The molecule has 1 fully saturated rings. The Bertz CT molecular complexity index is 308. The quantitative estimate of drug-likeness (QED) is 0.754. The summed E-state index contributed by atoms with van der Waals surface area (Å²) in [5, 5.41) is 11.8. The van der Waals surface area contributed by atoms with E-state index in [9.17, 15) is 9.59 Å². The molecule has 18 heavy (non-hydrogen) atoms. The lowest BCUT2D eigenvalue weighted by molar-refractivity contribution is -0.139. The molecule has 1 rings (SSSR count). The minimum atomic E-state index is -0.905. The van der Waals surface area contributed by atoms with E-state index in [0.717, 1.165) is 0 Å². The summed E-state index contributed by atoms with van der Waals surface area (Å²) in [5.74, 6) is -0.263. The summed E-state index contributed by atoms with van der Waals surface area (Å²) in [5.41, 5.74) is -0.709. The lowest BCUT2D eigenvalue weighted by Crippen LogP contribution is -2.50. The van der Waals surface area contributed by atoms with Crippen molar-refractivity contribution >= 4 is 11.9 Å². The average Bonchev–Trinajstić information content (AvgIpc) is 2.64. The number of carbonyl (C=O) groups is 2. The second-order valence-electron chi connectivity index (χ2n) is 5.63. The van der Waals surface area contributed by atoms with Crippen LogP contribution in [0.4, 0.5) is 0 Å². The molecule has 0 aliphatic carbocycles. The smallest absolute Gasteiger partial charge is 0.305 e. The van der Waals surface area contributed by atoms with Crippen LogP contribution in [-0.4, -0.2) is 35.7 Å². The Balaban J connectivity index is 2.56. The molecular weight excluding hydrogens is 234 g/mol. The predicted octanol–water partition coefficient (Wildman–Crippen LogP) is 1.42. The number of nitrogens with one attached hydrogen (secondary N) is 1. The van der Waals surface area contributed by atoms with Crippen molar-refractivity contribution in [3.8, 4) is 0 Å². The number of rotatable bonds is 6. The third-order valence-electron chi connectivity index (χ3n) is 3.64. The van der Waals surface area contributed by atoms with Crippen LogP contribution in [0.5, 0.6) is 0 Å². The highest BCUT2D eigenvalue weighted by molar-refractivity contribution is 5.78. The number of carboxylic acids is 1. The van der Waals surface area contributed by atoms with Crippen molar-refractivity contribution in [1.82, 2.24) is 5.32 Å². The van der Waals surface area contributed by atoms with E-state index in [1.807, 2.05) is 6.92 Å². The Morgan fingerprint density at radius 1 is 1.39 bits per heavy atom. The van der Waals surface area contributed by atoms with Crippen LogP contribution in [0.25, 0.3) is 0 Å². The Morgan fingerprint density at radius 3 is 2.50 bits per heavy atom. The molecular formula is C13H23NO4. The molecule has 0 aromatic rings. The van der Waals surface area contributed by atoms with Crippen LogP contribution in [0.3, 0.4) is 0 Å². The molecule has 0 aromatic carbocycles. The van der Waals surface area contributed by atoms with Crippen LogP contribution in [0.2, 0.25) is 0 Å². The van der Waals surface area contributed by atoms with E-state index in [4.69, 9.17) is 9.84 Å². The van der Waals surface area contributed by atoms with Crippen molar-refractivity contribution in [2.24, 2.45) is 11.8 Å². The standard InChI is InChI=1S/C13H23NO4/c1-9(2)10(3)6-11(15)14-13(7-12(16)17)4-5-18-8-13/h9-10H,4-8H2,1-3H3,(H,14,15)(H,16,17). The van der Waals surface area contributed by atoms with E-state index < -0.39 is 11.5 Å². The van der Waals surface area contributed by atoms with Crippen LogP contribution in [0.15, 0.2) is 0 Å². The number of aliphatic carboxylic acids is 1. The summed E-state index contributed by atoms with van der Waals surface area (Å²) in [6.45, 7) is 6.97. The first-order valence-corrected chi connectivity index (χ1v) is 6.45. The molecule has 104 valence electrons. The molecule has 1 amide bonds. The summed E-state index contributed by atoms with van der Waals surface area (Å²) in [4.78, 5) is 22.8. The molecule has 1 saturated heterocycles. The van der Waals surface area contributed by atoms with Crippen LogP contribution in [0, 0.1) is 11.8 Å². The highest BCUT2D eigenvalue weighted by Gasteiger charge is 2.38. The molecule has 5 heteroatoms. The third kappa shape index (κ3) is 4.29.